The Kier molecular flexibility index (Phi) is 5.10. The second kappa shape index (κ2) is 7.44. The van der Waals surface area contributed by atoms with Gasteiger partial charge in [-0.25, -0.2) is 0 Å². The van der Waals surface area contributed by atoms with Crippen LogP contribution in [-0.4, -0.2) is 27.1 Å². The van der Waals surface area contributed by atoms with Crippen LogP contribution in [0.3, 0.4) is 0 Å². The average Bonchev–Trinajstić information content (AvgIpc) is 3.02. The van der Waals surface area contributed by atoms with E-state index in [1.54, 1.807) is 4.57 Å². The summed E-state index contributed by atoms with van der Waals surface area (Å²) in [7, 11) is 0. The maximum atomic E-state index is 10.8. The van der Waals surface area contributed by atoms with Gasteiger partial charge in [0.15, 0.2) is 0 Å². The number of fused-ring (bicyclic) bond motifs is 1. The van der Waals surface area contributed by atoms with Gasteiger partial charge >= 0.3 is 11.8 Å². The van der Waals surface area contributed by atoms with Crippen LogP contribution in [0.25, 0.3) is 0 Å². The molecule has 0 bridgehead atoms. The van der Waals surface area contributed by atoms with E-state index in [0.29, 0.717) is 19.2 Å². The highest BCUT2D eigenvalue weighted by Crippen LogP contribution is 2.21. The third-order valence-electron chi connectivity index (χ3n) is 4.18. The van der Waals surface area contributed by atoms with Gasteiger partial charge in [-0.1, -0.05) is 37.6 Å². The van der Waals surface area contributed by atoms with Gasteiger partial charge < -0.3 is 20.2 Å². The first-order valence-corrected chi connectivity index (χ1v) is 8.31. The van der Waals surface area contributed by atoms with E-state index in [9.17, 15) is 10.1 Å². The third-order valence-corrected chi connectivity index (χ3v) is 4.18. The summed E-state index contributed by atoms with van der Waals surface area (Å²) >= 11 is 0. The summed E-state index contributed by atoms with van der Waals surface area (Å²) in [5.41, 5.74) is 2.59. The van der Waals surface area contributed by atoms with Crippen LogP contribution in [-0.2, 0) is 19.5 Å². The maximum absolute atomic E-state index is 10.8. The van der Waals surface area contributed by atoms with Crippen molar-refractivity contribution in [3.63, 3.8) is 0 Å². The Hall–Kier alpha value is -2.41. The number of nitro groups is 1. The molecule has 0 unspecified atom stereocenters. The molecule has 1 aromatic carbocycles. The lowest BCUT2D eigenvalue weighted by Gasteiger charge is -2.23. The predicted molar refractivity (Wildman–Crippen MR) is 90.1 cm³/mol. The Balaban J connectivity index is 1.53. The van der Waals surface area contributed by atoms with Crippen LogP contribution in [0.2, 0.25) is 0 Å². The number of ether oxygens (including phenoxy) is 1. The van der Waals surface area contributed by atoms with Crippen molar-refractivity contribution in [2.45, 2.75) is 45.3 Å². The molecule has 1 atom stereocenters. The molecule has 1 aromatic heterocycles. The van der Waals surface area contributed by atoms with Crippen molar-refractivity contribution >= 4 is 5.82 Å². The van der Waals surface area contributed by atoms with E-state index >= 15 is 0 Å². The van der Waals surface area contributed by atoms with E-state index in [-0.39, 0.29) is 11.9 Å². The fourth-order valence-electron chi connectivity index (χ4n) is 2.78. The maximum Gasteiger partial charge on any atom is 0.414 e. The lowest BCUT2D eigenvalue weighted by Crippen LogP contribution is -2.41. The smallest absolute Gasteiger partial charge is 0.414 e. The van der Waals surface area contributed by atoms with Crippen molar-refractivity contribution in [3.8, 4) is 6.01 Å². The molecule has 3 rings (SSSR count). The Bertz CT molecular complexity index is 696. The molecule has 0 spiro atoms. The minimum absolute atomic E-state index is 0.103. The molecule has 0 amide bonds. The Labute approximate surface area is 140 Å². The summed E-state index contributed by atoms with van der Waals surface area (Å²) in [6, 6.07) is 9.08. The van der Waals surface area contributed by atoms with Crippen molar-refractivity contribution in [3.05, 3.63) is 51.7 Å². The highest BCUT2D eigenvalue weighted by atomic mass is 16.6. The molecule has 7 heteroatoms. The molecular formula is C17H22N4O3. The number of benzene rings is 1. The minimum Gasteiger partial charge on any atom is -0.444 e. The molecule has 128 valence electrons. The van der Waals surface area contributed by atoms with E-state index in [0.717, 1.165) is 13.0 Å². The number of rotatable bonds is 7. The van der Waals surface area contributed by atoms with Crippen molar-refractivity contribution in [1.29, 1.82) is 0 Å². The molecule has 0 saturated heterocycles. The second-order valence-electron chi connectivity index (χ2n) is 6.10. The predicted octanol–water partition coefficient (Wildman–Crippen LogP) is 2.68. The van der Waals surface area contributed by atoms with Crippen LogP contribution >= 0.6 is 0 Å². The van der Waals surface area contributed by atoms with Crippen molar-refractivity contribution < 1.29 is 9.66 Å². The number of aryl methyl sites for hydroxylation is 1. The quantitative estimate of drug-likeness (QED) is 0.623. The highest BCUT2D eigenvalue weighted by Gasteiger charge is 2.27. The van der Waals surface area contributed by atoms with E-state index in [1.807, 2.05) is 0 Å². The number of nitrogens with zero attached hydrogens (tertiary/aromatic N) is 3. The fraction of sp³-hybridized carbons (Fsp3) is 0.471. The summed E-state index contributed by atoms with van der Waals surface area (Å²) in [6.45, 7) is 4.02. The Morgan fingerprint density at radius 2 is 2.12 bits per heavy atom. The number of nitrogens with one attached hydrogen (secondary N) is 1. The zero-order chi connectivity index (χ0) is 16.9. The highest BCUT2D eigenvalue weighted by molar-refractivity contribution is 5.23. The van der Waals surface area contributed by atoms with Crippen molar-refractivity contribution in [2.24, 2.45) is 0 Å². The molecule has 1 N–H and O–H groups in total. The molecule has 2 heterocycles. The molecule has 0 saturated carbocycles. The molecule has 0 fully saturated rings. The number of hydrogen-bond acceptors (Lipinski definition) is 5. The SMILES string of the molecule is CCCCc1ccc(CN[C@@H]2COc3nc([N+](=O)[O-])cn3C2)cc1. The molecular weight excluding hydrogens is 308 g/mol. The number of aromatic nitrogens is 2. The summed E-state index contributed by atoms with van der Waals surface area (Å²) in [6.07, 6.45) is 4.98. The monoisotopic (exact) mass is 330 g/mol. The fourth-order valence-corrected chi connectivity index (χ4v) is 2.78. The van der Waals surface area contributed by atoms with Gasteiger partial charge in [-0.2, -0.15) is 0 Å². The lowest BCUT2D eigenvalue weighted by atomic mass is 10.1. The minimum atomic E-state index is -0.503. The molecule has 0 radical (unpaired) electrons. The third kappa shape index (κ3) is 3.91. The first-order valence-electron chi connectivity index (χ1n) is 8.31. The molecule has 1 aliphatic rings. The van der Waals surface area contributed by atoms with Gasteiger partial charge in [0.1, 0.15) is 12.8 Å². The van der Waals surface area contributed by atoms with Gasteiger partial charge in [-0.15, -0.1) is 0 Å². The van der Waals surface area contributed by atoms with E-state index in [4.69, 9.17) is 4.74 Å². The first-order chi connectivity index (χ1) is 11.7. The average molecular weight is 330 g/mol. The molecule has 7 nitrogen and oxygen atoms in total. The summed E-state index contributed by atoms with van der Waals surface area (Å²) in [5, 5.41) is 14.2. The van der Waals surface area contributed by atoms with Crippen molar-refractivity contribution in [2.75, 3.05) is 6.61 Å². The molecule has 1 aliphatic heterocycles. The van der Waals surface area contributed by atoms with Crippen LogP contribution in [0.15, 0.2) is 30.5 Å². The van der Waals surface area contributed by atoms with E-state index < -0.39 is 4.92 Å². The van der Waals surface area contributed by atoms with Crippen LogP contribution in [0.4, 0.5) is 5.82 Å². The normalized spacial score (nSPS) is 16.5. The van der Waals surface area contributed by atoms with Gasteiger partial charge in [0.05, 0.1) is 6.04 Å². The second-order valence-corrected chi connectivity index (χ2v) is 6.10. The van der Waals surface area contributed by atoms with Gasteiger partial charge in [0, 0.05) is 18.1 Å². The lowest BCUT2D eigenvalue weighted by molar-refractivity contribution is -0.389. The first kappa shape index (κ1) is 16.4. The van der Waals surface area contributed by atoms with Crippen molar-refractivity contribution in [1.82, 2.24) is 14.9 Å². The zero-order valence-electron chi connectivity index (χ0n) is 13.8. The summed E-state index contributed by atoms with van der Waals surface area (Å²) in [4.78, 5) is 14.1. The van der Waals surface area contributed by atoms with Crippen LogP contribution in [0.1, 0.15) is 30.9 Å². The summed E-state index contributed by atoms with van der Waals surface area (Å²) < 4.78 is 7.19. The zero-order valence-corrected chi connectivity index (χ0v) is 13.8. The van der Waals surface area contributed by atoms with Crippen LogP contribution < -0.4 is 10.1 Å². The topological polar surface area (TPSA) is 82.2 Å². The number of hydrogen-bond donors (Lipinski definition) is 1. The van der Waals surface area contributed by atoms with Crippen LogP contribution in [0, 0.1) is 10.1 Å². The number of imidazole rings is 1. The molecule has 2 aromatic rings. The van der Waals surface area contributed by atoms with Gasteiger partial charge in [0.25, 0.3) is 0 Å². The Morgan fingerprint density at radius 3 is 2.83 bits per heavy atom. The Morgan fingerprint density at radius 1 is 1.38 bits per heavy atom. The summed E-state index contributed by atoms with van der Waals surface area (Å²) in [5.74, 6) is -0.173. The van der Waals surface area contributed by atoms with E-state index in [2.05, 4.69) is 41.5 Å². The molecule has 0 aliphatic carbocycles. The largest absolute Gasteiger partial charge is 0.444 e. The van der Waals surface area contributed by atoms with E-state index in [1.165, 1.54) is 30.2 Å². The van der Waals surface area contributed by atoms with Gasteiger partial charge in [-0.3, -0.25) is 4.57 Å². The number of unbranched alkanes of at least 4 members (excludes halogenated alkanes) is 1. The van der Waals surface area contributed by atoms with Gasteiger partial charge in [0.2, 0.25) is 0 Å². The standard InChI is InChI=1S/C17H22N4O3/c1-2-3-4-13-5-7-14(8-6-13)9-18-15-10-20-11-16(21(22)23)19-17(20)24-12-15/h5-8,11,15,18H,2-4,9-10,12H2,1H3/t15-/m0/s1. The molecule has 24 heavy (non-hydrogen) atoms. The van der Waals surface area contributed by atoms with Crippen LogP contribution in [0.5, 0.6) is 6.01 Å². The van der Waals surface area contributed by atoms with Gasteiger partial charge in [-0.05, 0) is 28.9 Å².